The van der Waals surface area contributed by atoms with Crippen molar-refractivity contribution in [1.82, 2.24) is 5.32 Å². The van der Waals surface area contributed by atoms with Crippen molar-refractivity contribution in [2.45, 2.75) is 46.6 Å². The first-order valence-electron chi connectivity index (χ1n) is 9.78. The zero-order valence-electron chi connectivity index (χ0n) is 16.3. The Bertz CT molecular complexity index is 822. The van der Waals surface area contributed by atoms with Gasteiger partial charge in [0.05, 0.1) is 11.8 Å². The van der Waals surface area contributed by atoms with Crippen LogP contribution in [-0.2, 0) is 29.0 Å². The average molecular weight is 364 g/mol. The van der Waals surface area contributed by atoms with Gasteiger partial charge in [0.15, 0.2) is 0 Å². The van der Waals surface area contributed by atoms with Crippen molar-refractivity contribution >= 4 is 17.5 Å². The van der Waals surface area contributed by atoms with Crippen LogP contribution in [0, 0.1) is 18.8 Å². The normalized spacial score (nSPS) is 18.0. The maximum atomic E-state index is 12.7. The fraction of sp³-hybridized carbons (Fsp3) is 0.391. The lowest BCUT2D eigenvalue weighted by atomic mass is 10.0. The smallest absolute Gasteiger partial charge is 0.228 e. The summed E-state index contributed by atoms with van der Waals surface area (Å²) in [5, 5.41) is 6.05. The highest BCUT2D eigenvalue weighted by Crippen LogP contribution is 2.40. The first-order chi connectivity index (χ1) is 13.0. The lowest BCUT2D eigenvalue weighted by Gasteiger charge is -2.14. The molecule has 0 saturated heterocycles. The molecule has 2 aromatic rings. The van der Waals surface area contributed by atoms with Crippen LogP contribution in [0.2, 0.25) is 0 Å². The lowest BCUT2D eigenvalue weighted by molar-refractivity contribution is -0.125. The largest absolute Gasteiger partial charge is 0.352 e. The van der Waals surface area contributed by atoms with Crippen LogP contribution in [0.15, 0.2) is 42.5 Å². The molecule has 1 saturated carbocycles. The van der Waals surface area contributed by atoms with Gasteiger partial charge in [0.25, 0.3) is 0 Å². The Hall–Kier alpha value is -2.62. The molecule has 0 heterocycles. The van der Waals surface area contributed by atoms with Crippen LogP contribution < -0.4 is 10.6 Å². The van der Waals surface area contributed by atoms with Crippen LogP contribution in [0.5, 0.6) is 0 Å². The molecule has 4 heteroatoms. The summed E-state index contributed by atoms with van der Waals surface area (Å²) in [6, 6.07) is 14.2. The molecule has 4 nitrogen and oxygen atoms in total. The minimum atomic E-state index is -0.225. The monoisotopic (exact) mass is 364 g/mol. The predicted molar refractivity (Wildman–Crippen MR) is 108 cm³/mol. The summed E-state index contributed by atoms with van der Waals surface area (Å²) < 4.78 is 0. The van der Waals surface area contributed by atoms with Crippen LogP contribution in [0.3, 0.4) is 0 Å². The third kappa shape index (κ3) is 4.57. The second kappa shape index (κ2) is 8.38. The molecule has 0 spiro atoms. The molecule has 0 aromatic heterocycles. The van der Waals surface area contributed by atoms with E-state index < -0.39 is 0 Å². The maximum absolute atomic E-state index is 12.7. The molecule has 3 rings (SSSR count). The minimum absolute atomic E-state index is 0.0313. The van der Waals surface area contributed by atoms with Gasteiger partial charge in [0.2, 0.25) is 11.8 Å². The number of rotatable bonds is 7. The van der Waals surface area contributed by atoms with Crippen molar-refractivity contribution in [2.75, 3.05) is 5.32 Å². The highest BCUT2D eigenvalue weighted by atomic mass is 16.2. The molecule has 0 radical (unpaired) electrons. The number of hydrogen-bond acceptors (Lipinski definition) is 2. The number of aryl methyl sites for hydroxylation is 3. The van der Waals surface area contributed by atoms with Crippen LogP contribution in [-0.4, -0.2) is 11.8 Å². The Morgan fingerprint density at radius 2 is 1.59 bits per heavy atom. The van der Waals surface area contributed by atoms with Gasteiger partial charge < -0.3 is 10.6 Å². The van der Waals surface area contributed by atoms with Gasteiger partial charge in [-0.25, -0.2) is 0 Å². The van der Waals surface area contributed by atoms with E-state index in [1.165, 1.54) is 5.56 Å². The second-order valence-electron chi connectivity index (χ2n) is 7.30. The van der Waals surface area contributed by atoms with Crippen molar-refractivity contribution < 1.29 is 9.59 Å². The van der Waals surface area contributed by atoms with Gasteiger partial charge in [-0.05, 0) is 42.9 Å². The summed E-state index contributed by atoms with van der Waals surface area (Å²) in [7, 11) is 0. The third-order valence-corrected chi connectivity index (χ3v) is 5.26. The van der Waals surface area contributed by atoms with Crippen molar-refractivity contribution in [3.63, 3.8) is 0 Å². The molecular weight excluding hydrogens is 336 g/mol. The molecule has 0 aliphatic heterocycles. The molecule has 27 heavy (non-hydrogen) atoms. The lowest BCUT2D eigenvalue weighted by Crippen LogP contribution is -2.27. The Morgan fingerprint density at radius 3 is 2.22 bits per heavy atom. The van der Waals surface area contributed by atoms with E-state index in [0.717, 1.165) is 35.2 Å². The predicted octanol–water partition coefficient (Wildman–Crippen LogP) is 4.01. The fourth-order valence-electron chi connectivity index (χ4n) is 3.54. The van der Waals surface area contributed by atoms with E-state index in [9.17, 15) is 9.59 Å². The van der Waals surface area contributed by atoms with Crippen molar-refractivity contribution in [3.05, 3.63) is 64.7 Å². The summed E-state index contributed by atoms with van der Waals surface area (Å²) in [4.78, 5) is 25.0. The summed E-state index contributed by atoms with van der Waals surface area (Å²) in [6.45, 7) is 6.71. The van der Waals surface area contributed by atoms with Crippen molar-refractivity contribution in [2.24, 2.45) is 11.8 Å². The summed E-state index contributed by atoms with van der Waals surface area (Å²) in [6.07, 6.45) is 2.37. The molecule has 2 aromatic carbocycles. The van der Waals surface area contributed by atoms with Gasteiger partial charge in [0, 0.05) is 12.2 Å². The van der Waals surface area contributed by atoms with Crippen molar-refractivity contribution in [3.8, 4) is 0 Å². The topological polar surface area (TPSA) is 58.2 Å². The maximum Gasteiger partial charge on any atom is 0.228 e. The Labute approximate surface area is 161 Å². The van der Waals surface area contributed by atoms with Crippen LogP contribution in [0.4, 0.5) is 5.69 Å². The number of nitrogens with one attached hydrogen (secondary N) is 2. The van der Waals surface area contributed by atoms with E-state index >= 15 is 0 Å². The Morgan fingerprint density at radius 1 is 0.963 bits per heavy atom. The van der Waals surface area contributed by atoms with Crippen LogP contribution in [0.1, 0.15) is 42.5 Å². The zero-order valence-corrected chi connectivity index (χ0v) is 16.3. The molecule has 2 amide bonds. The molecule has 2 unspecified atom stereocenters. The summed E-state index contributed by atoms with van der Waals surface area (Å²) >= 11 is 0. The van der Waals surface area contributed by atoms with Crippen LogP contribution in [0.25, 0.3) is 0 Å². The number of benzene rings is 2. The summed E-state index contributed by atoms with van der Waals surface area (Å²) in [5.41, 5.74) is 5.46. The Balaban J connectivity index is 1.57. The van der Waals surface area contributed by atoms with E-state index in [0.29, 0.717) is 13.0 Å². The average Bonchev–Trinajstić information content (AvgIpc) is 3.47. The van der Waals surface area contributed by atoms with Gasteiger partial charge in [-0.15, -0.1) is 0 Å². The van der Waals surface area contributed by atoms with Crippen molar-refractivity contribution in [1.29, 1.82) is 0 Å². The van der Waals surface area contributed by atoms with E-state index in [2.05, 4.69) is 30.5 Å². The highest BCUT2D eigenvalue weighted by molar-refractivity contribution is 6.00. The first kappa shape index (κ1) is 19.2. The van der Waals surface area contributed by atoms with E-state index in [-0.39, 0.29) is 23.7 Å². The molecule has 1 fully saturated rings. The number of anilines is 1. The number of para-hydroxylation sites is 1. The quantitative estimate of drug-likeness (QED) is 0.780. The molecule has 1 aliphatic rings. The van der Waals surface area contributed by atoms with E-state index in [1.54, 1.807) is 0 Å². The number of carbonyl (C=O) groups excluding carboxylic acids is 2. The number of amides is 2. The van der Waals surface area contributed by atoms with Gasteiger partial charge in [-0.3, -0.25) is 9.59 Å². The van der Waals surface area contributed by atoms with E-state index in [4.69, 9.17) is 0 Å². The number of hydrogen-bond donors (Lipinski definition) is 2. The fourth-order valence-corrected chi connectivity index (χ4v) is 3.54. The third-order valence-electron chi connectivity index (χ3n) is 5.26. The standard InChI is InChI=1S/C23H28N2O2/c1-4-17-10-7-11-18(5-2)21(17)25-23(27)20-13-19(20)22(26)24-14-16-9-6-8-15(3)12-16/h6-12,19-20H,4-5,13-14H2,1-3H3,(H,24,26)(H,25,27). The SMILES string of the molecule is CCc1cccc(CC)c1NC(=O)C1CC1C(=O)NCc1cccc(C)c1. The zero-order chi connectivity index (χ0) is 19.4. The molecule has 2 atom stereocenters. The van der Waals surface area contributed by atoms with Gasteiger partial charge in [0.1, 0.15) is 0 Å². The minimum Gasteiger partial charge on any atom is -0.352 e. The first-order valence-corrected chi connectivity index (χ1v) is 9.78. The van der Waals surface area contributed by atoms with E-state index in [1.807, 2.05) is 43.3 Å². The second-order valence-corrected chi connectivity index (χ2v) is 7.30. The molecule has 0 bridgehead atoms. The van der Waals surface area contributed by atoms with Crippen LogP contribution >= 0.6 is 0 Å². The number of carbonyl (C=O) groups is 2. The van der Waals surface area contributed by atoms with Gasteiger partial charge in [-0.2, -0.15) is 0 Å². The Kier molecular flexibility index (Phi) is 5.94. The molecule has 1 aliphatic carbocycles. The highest BCUT2D eigenvalue weighted by Gasteiger charge is 2.48. The summed E-state index contributed by atoms with van der Waals surface area (Å²) in [5.74, 6) is -0.511. The molecule has 142 valence electrons. The molecular formula is C23H28N2O2. The molecule has 2 N–H and O–H groups in total. The van der Waals surface area contributed by atoms with Gasteiger partial charge in [-0.1, -0.05) is 61.9 Å². The van der Waals surface area contributed by atoms with Gasteiger partial charge >= 0.3 is 0 Å².